The van der Waals surface area contributed by atoms with E-state index >= 15 is 0 Å². The molecule has 0 radical (unpaired) electrons. The highest BCUT2D eigenvalue weighted by atomic mass is 79.9. The summed E-state index contributed by atoms with van der Waals surface area (Å²) in [7, 11) is 0. The van der Waals surface area contributed by atoms with E-state index in [0.717, 1.165) is 15.6 Å². The molecular formula is C16H15BrClNO. The normalized spacial score (nSPS) is 12.0. The second kappa shape index (κ2) is 6.42. The van der Waals surface area contributed by atoms with Crippen LogP contribution in [0.4, 0.5) is 0 Å². The number of carbonyl (C=O) groups is 1. The van der Waals surface area contributed by atoms with Crippen molar-refractivity contribution in [3.05, 3.63) is 68.7 Å². The van der Waals surface area contributed by atoms with Crippen molar-refractivity contribution in [2.24, 2.45) is 0 Å². The lowest BCUT2D eigenvalue weighted by Gasteiger charge is -2.17. The number of amides is 1. The van der Waals surface area contributed by atoms with Crippen molar-refractivity contribution in [2.75, 3.05) is 0 Å². The van der Waals surface area contributed by atoms with Crippen LogP contribution < -0.4 is 5.32 Å². The van der Waals surface area contributed by atoms with Crippen LogP contribution in [0.2, 0.25) is 5.02 Å². The molecule has 104 valence electrons. The van der Waals surface area contributed by atoms with Gasteiger partial charge in [0.2, 0.25) is 0 Å². The number of aryl methyl sites for hydroxylation is 1. The molecule has 2 aromatic carbocycles. The number of halogens is 2. The highest BCUT2D eigenvalue weighted by molar-refractivity contribution is 9.10. The van der Waals surface area contributed by atoms with Crippen LogP contribution in [0, 0.1) is 6.92 Å². The number of nitrogens with one attached hydrogen (secondary N) is 1. The summed E-state index contributed by atoms with van der Waals surface area (Å²) in [5.74, 6) is -0.174. The molecule has 0 saturated heterocycles. The molecule has 1 atom stereocenters. The van der Waals surface area contributed by atoms with E-state index in [1.165, 1.54) is 0 Å². The van der Waals surface area contributed by atoms with Gasteiger partial charge in [-0.05, 0) is 53.0 Å². The van der Waals surface area contributed by atoms with E-state index in [1.54, 1.807) is 12.1 Å². The van der Waals surface area contributed by atoms with Crippen molar-refractivity contribution in [1.29, 1.82) is 0 Å². The second-order valence-electron chi connectivity index (χ2n) is 4.65. The molecular weight excluding hydrogens is 338 g/mol. The summed E-state index contributed by atoms with van der Waals surface area (Å²) in [4.78, 5) is 12.3. The van der Waals surface area contributed by atoms with Crippen LogP contribution in [0.3, 0.4) is 0 Å². The Kier molecular flexibility index (Phi) is 4.84. The monoisotopic (exact) mass is 351 g/mol. The zero-order chi connectivity index (χ0) is 14.7. The molecule has 1 unspecified atom stereocenters. The third kappa shape index (κ3) is 3.22. The van der Waals surface area contributed by atoms with Crippen LogP contribution in [-0.4, -0.2) is 5.91 Å². The van der Waals surface area contributed by atoms with Gasteiger partial charge in [-0.15, -0.1) is 0 Å². The summed E-state index contributed by atoms with van der Waals surface area (Å²) < 4.78 is 0.718. The van der Waals surface area contributed by atoms with Gasteiger partial charge in [-0.1, -0.05) is 41.9 Å². The number of benzene rings is 2. The Labute approximate surface area is 132 Å². The van der Waals surface area contributed by atoms with Crippen LogP contribution in [0.25, 0.3) is 0 Å². The highest BCUT2D eigenvalue weighted by Crippen LogP contribution is 2.26. The minimum atomic E-state index is -0.174. The first-order valence-corrected chi connectivity index (χ1v) is 7.48. The first kappa shape index (κ1) is 15.1. The molecule has 0 aromatic heterocycles. The van der Waals surface area contributed by atoms with Crippen LogP contribution in [0.15, 0.2) is 46.9 Å². The standard InChI is InChI=1S/C16H15BrClNO/c1-10-6-3-4-7-12(10)11(2)19-16(20)13-8-5-9-14(17)15(13)18/h3-9,11H,1-2H3,(H,19,20). The Hall–Kier alpha value is -1.32. The van der Waals surface area contributed by atoms with Crippen molar-refractivity contribution < 1.29 is 4.79 Å². The average Bonchev–Trinajstić information content (AvgIpc) is 2.42. The molecule has 0 aliphatic carbocycles. The van der Waals surface area contributed by atoms with E-state index in [0.29, 0.717) is 10.6 Å². The van der Waals surface area contributed by atoms with Gasteiger partial charge in [0.1, 0.15) is 0 Å². The van der Waals surface area contributed by atoms with Crippen molar-refractivity contribution in [1.82, 2.24) is 5.32 Å². The predicted octanol–water partition coefficient (Wildman–Crippen LogP) is 4.90. The molecule has 0 spiro atoms. The zero-order valence-corrected chi connectivity index (χ0v) is 13.6. The fourth-order valence-corrected chi connectivity index (χ4v) is 2.68. The summed E-state index contributed by atoms with van der Waals surface area (Å²) in [6.45, 7) is 4.00. The van der Waals surface area contributed by atoms with Crippen molar-refractivity contribution >= 4 is 33.4 Å². The van der Waals surface area contributed by atoms with Gasteiger partial charge in [0.25, 0.3) is 5.91 Å². The third-order valence-electron chi connectivity index (χ3n) is 3.20. The van der Waals surface area contributed by atoms with E-state index in [4.69, 9.17) is 11.6 Å². The third-order valence-corrected chi connectivity index (χ3v) is 4.50. The molecule has 4 heteroatoms. The largest absolute Gasteiger partial charge is 0.345 e. The minimum absolute atomic E-state index is 0.0706. The molecule has 2 nitrogen and oxygen atoms in total. The second-order valence-corrected chi connectivity index (χ2v) is 5.89. The molecule has 2 rings (SSSR count). The predicted molar refractivity (Wildman–Crippen MR) is 86.2 cm³/mol. The number of carbonyl (C=O) groups excluding carboxylic acids is 1. The van der Waals surface area contributed by atoms with Crippen LogP contribution in [0.1, 0.15) is 34.5 Å². The van der Waals surface area contributed by atoms with E-state index in [9.17, 15) is 4.79 Å². The van der Waals surface area contributed by atoms with E-state index < -0.39 is 0 Å². The lowest BCUT2D eigenvalue weighted by atomic mass is 10.0. The topological polar surface area (TPSA) is 29.1 Å². The molecule has 0 bridgehead atoms. The first-order valence-electron chi connectivity index (χ1n) is 6.31. The van der Waals surface area contributed by atoms with Gasteiger partial charge in [0.15, 0.2) is 0 Å². The van der Waals surface area contributed by atoms with Crippen molar-refractivity contribution in [3.63, 3.8) is 0 Å². The number of hydrogen-bond acceptors (Lipinski definition) is 1. The first-order chi connectivity index (χ1) is 9.50. The van der Waals surface area contributed by atoms with Crippen LogP contribution in [0.5, 0.6) is 0 Å². The molecule has 0 saturated carbocycles. The summed E-state index contributed by atoms with van der Waals surface area (Å²) in [5.41, 5.74) is 2.73. The van der Waals surface area contributed by atoms with E-state index in [-0.39, 0.29) is 11.9 Å². The van der Waals surface area contributed by atoms with Gasteiger partial charge in [0, 0.05) is 4.47 Å². The van der Waals surface area contributed by atoms with Gasteiger partial charge in [-0.25, -0.2) is 0 Å². The van der Waals surface area contributed by atoms with Gasteiger partial charge >= 0.3 is 0 Å². The number of rotatable bonds is 3. The average molecular weight is 353 g/mol. The molecule has 1 amide bonds. The molecule has 0 aliphatic heterocycles. The minimum Gasteiger partial charge on any atom is -0.345 e. The Bertz CT molecular complexity index is 642. The Balaban J connectivity index is 2.20. The maximum absolute atomic E-state index is 12.3. The maximum Gasteiger partial charge on any atom is 0.253 e. The quantitative estimate of drug-likeness (QED) is 0.836. The lowest BCUT2D eigenvalue weighted by Crippen LogP contribution is -2.27. The van der Waals surface area contributed by atoms with Crippen LogP contribution >= 0.6 is 27.5 Å². The molecule has 20 heavy (non-hydrogen) atoms. The summed E-state index contributed by atoms with van der Waals surface area (Å²) in [6, 6.07) is 13.3. The van der Waals surface area contributed by atoms with Gasteiger partial charge in [-0.2, -0.15) is 0 Å². The van der Waals surface area contributed by atoms with E-state index in [2.05, 4.69) is 21.2 Å². The van der Waals surface area contributed by atoms with Gasteiger partial charge < -0.3 is 5.32 Å². The summed E-state index contributed by atoms with van der Waals surface area (Å²) in [5, 5.41) is 3.41. The number of hydrogen-bond donors (Lipinski definition) is 1. The lowest BCUT2D eigenvalue weighted by molar-refractivity contribution is 0.0940. The molecule has 0 fully saturated rings. The van der Waals surface area contributed by atoms with Crippen LogP contribution in [-0.2, 0) is 0 Å². The molecule has 2 aromatic rings. The Morgan fingerprint density at radius 3 is 2.60 bits per heavy atom. The smallest absolute Gasteiger partial charge is 0.253 e. The maximum atomic E-state index is 12.3. The van der Waals surface area contributed by atoms with Gasteiger partial charge in [0.05, 0.1) is 16.6 Å². The SMILES string of the molecule is Cc1ccccc1C(C)NC(=O)c1cccc(Br)c1Cl. The highest BCUT2D eigenvalue weighted by Gasteiger charge is 2.16. The summed E-state index contributed by atoms with van der Waals surface area (Å²) >= 11 is 9.47. The summed E-state index contributed by atoms with van der Waals surface area (Å²) in [6.07, 6.45) is 0. The Morgan fingerprint density at radius 1 is 1.20 bits per heavy atom. The van der Waals surface area contributed by atoms with Crippen molar-refractivity contribution in [2.45, 2.75) is 19.9 Å². The molecule has 1 N–H and O–H groups in total. The fraction of sp³-hybridized carbons (Fsp3) is 0.188. The zero-order valence-electron chi connectivity index (χ0n) is 11.3. The molecule has 0 heterocycles. The van der Waals surface area contributed by atoms with Crippen molar-refractivity contribution in [3.8, 4) is 0 Å². The Morgan fingerprint density at radius 2 is 1.90 bits per heavy atom. The fourth-order valence-electron chi connectivity index (χ4n) is 2.10. The van der Waals surface area contributed by atoms with E-state index in [1.807, 2.05) is 44.2 Å². The van der Waals surface area contributed by atoms with Gasteiger partial charge in [-0.3, -0.25) is 4.79 Å². The molecule has 0 aliphatic rings.